The molecular weight excluding hydrogens is 278 g/mol. The fourth-order valence-electron chi connectivity index (χ4n) is 1.03. The third kappa shape index (κ3) is 3.96. The summed E-state index contributed by atoms with van der Waals surface area (Å²) < 4.78 is 0. The monoisotopic (exact) mass is 287 g/mol. The lowest BCUT2D eigenvalue weighted by molar-refractivity contribution is -0.134. The van der Waals surface area contributed by atoms with Crippen LogP contribution in [0.3, 0.4) is 0 Å². The molecule has 0 saturated heterocycles. The molecule has 0 saturated carbocycles. The second-order valence-corrected chi connectivity index (χ2v) is 3.54. The summed E-state index contributed by atoms with van der Waals surface area (Å²) in [4.78, 5) is 32.5. The van der Waals surface area contributed by atoms with Gasteiger partial charge in [0.1, 0.15) is 6.54 Å². The molecule has 0 radical (unpaired) electrons. The van der Waals surface area contributed by atoms with Crippen molar-refractivity contribution >= 4 is 41.1 Å². The maximum absolute atomic E-state index is 11.5. The molecule has 1 amide bonds. The highest BCUT2D eigenvalue weighted by Gasteiger charge is 2.17. The number of anilines is 2. The van der Waals surface area contributed by atoms with Gasteiger partial charge in [-0.15, -0.1) is 0 Å². The van der Waals surface area contributed by atoms with Crippen LogP contribution in [0.4, 0.5) is 11.6 Å². The van der Waals surface area contributed by atoms with Gasteiger partial charge in [-0.25, -0.2) is 9.97 Å². The number of aliphatic imine (C=N–C) groups is 1. The molecule has 0 aromatic carbocycles. The number of nitrogens with zero attached hydrogens (tertiary/aromatic N) is 3. The van der Waals surface area contributed by atoms with Gasteiger partial charge in [0.15, 0.2) is 28.4 Å². The Labute approximate surface area is 111 Å². The lowest BCUT2D eigenvalue weighted by atomic mass is 10.4. The SMILES string of the molecule is NC(N)=NC(=O)c1nc(Cl)c(NCC(=O)O)nc1N. The molecule has 102 valence electrons. The molecule has 0 atom stereocenters. The van der Waals surface area contributed by atoms with E-state index in [0.717, 1.165) is 0 Å². The predicted molar refractivity (Wildman–Crippen MR) is 67.7 cm³/mol. The smallest absolute Gasteiger partial charge is 0.322 e. The summed E-state index contributed by atoms with van der Waals surface area (Å²) in [6, 6.07) is 0. The van der Waals surface area contributed by atoms with Crippen LogP contribution in [-0.2, 0) is 4.79 Å². The number of carboxylic acids is 1. The molecule has 11 heteroatoms. The van der Waals surface area contributed by atoms with Gasteiger partial charge >= 0.3 is 11.9 Å². The second-order valence-electron chi connectivity index (χ2n) is 3.19. The van der Waals surface area contributed by atoms with Crippen LogP contribution >= 0.6 is 11.6 Å². The molecule has 0 aliphatic carbocycles. The normalized spacial score (nSPS) is 9.74. The van der Waals surface area contributed by atoms with Gasteiger partial charge in [-0.05, 0) is 0 Å². The van der Waals surface area contributed by atoms with Crippen molar-refractivity contribution in [2.75, 3.05) is 17.6 Å². The average Bonchev–Trinajstić information content (AvgIpc) is 2.28. The van der Waals surface area contributed by atoms with Crippen LogP contribution in [0.2, 0.25) is 5.15 Å². The zero-order valence-corrected chi connectivity index (χ0v) is 10.2. The molecule has 8 N–H and O–H groups in total. The van der Waals surface area contributed by atoms with E-state index in [4.69, 9.17) is 33.9 Å². The fraction of sp³-hybridized carbons (Fsp3) is 0.125. The molecule has 1 heterocycles. The third-order valence-electron chi connectivity index (χ3n) is 1.72. The van der Waals surface area contributed by atoms with Gasteiger partial charge in [0.2, 0.25) is 0 Å². The molecule has 1 aromatic rings. The van der Waals surface area contributed by atoms with Crippen molar-refractivity contribution in [3.63, 3.8) is 0 Å². The van der Waals surface area contributed by atoms with Crippen molar-refractivity contribution in [3.8, 4) is 0 Å². The van der Waals surface area contributed by atoms with Crippen LogP contribution in [0.25, 0.3) is 0 Å². The van der Waals surface area contributed by atoms with Gasteiger partial charge in [-0.2, -0.15) is 4.99 Å². The summed E-state index contributed by atoms with van der Waals surface area (Å²) >= 11 is 5.72. The molecule has 0 unspecified atom stereocenters. The number of rotatable bonds is 4. The van der Waals surface area contributed by atoms with Crippen molar-refractivity contribution < 1.29 is 14.7 Å². The minimum Gasteiger partial charge on any atom is -0.480 e. The van der Waals surface area contributed by atoms with E-state index in [-0.39, 0.29) is 22.5 Å². The Morgan fingerprint density at radius 1 is 1.37 bits per heavy atom. The summed E-state index contributed by atoms with van der Waals surface area (Å²) in [6.45, 7) is -0.435. The van der Waals surface area contributed by atoms with E-state index in [2.05, 4.69) is 20.3 Å². The predicted octanol–water partition coefficient (Wildman–Crippen LogP) is -1.38. The lowest BCUT2D eigenvalue weighted by Crippen LogP contribution is -2.25. The topological polar surface area (TPSA) is 183 Å². The first-order valence-corrected chi connectivity index (χ1v) is 5.11. The number of hydrogen-bond donors (Lipinski definition) is 5. The Kier molecular flexibility index (Phi) is 4.42. The van der Waals surface area contributed by atoms with Gasteiger partial charge in [0.05, 0.1) is 0 Å². The molecule has 0 bridgehead atoms. The maximum atomic E-state index is 11.5. The highest BCUT2D eigenvalue weighted by atomic mass is 35.5. The summed E-state index contributed by atoms with van der Waals surface area (Å²) in [5.41, 5.74) is 15.2. The van der Waals surface area contributed by atoms with E-state index in [9.17, 15) is 9.59 Å². The van der Waals surface area contributed by atoms with E-state index in [0.29, 0.717) is 0 Å². The van der Waals surface area contributed by atoms with Gasteiger partial charge in [-0.3, -0.25) is 9.59 Å². The minimum absolute atomic E-state index is 0.0668. The number of carbonyl (C=O) groups is 2. The van der Waals surface area contributed by atoms with E-state index in [1.807, 2.05) is 0 Å². The lowest BCUT2D eigenvalue weighted by Gasteiger charge is -2.07. The van der Waals surface area contributed by atoms with Gasteiger partial charge in [-0.1, -0.05) is 11.6 Å². The summed E-state index contributed by atoms with van der Waals surface area (Å²) in [5, 5.41) is 10.6. The Balaban J connectivity index is 3.06. The number of nitrogens with two attached hydrogens (primary N) is 3. The largest absolute Gasteiger partial charge is 0.480 e. The van der Waals surface area contributed by atoms with Crippen molar-refractivity contribution in [1.29, 1.82) is 0 Å². The molecule has 0 fully saturated rings. The number of nitrogens with one attached hydrogen (secondary N) is 1. The zero-order chi connectivity index (χ0) is 14.6. The molecule has 0 spiro atoms. The van der Waals surface area contributed by atoms with E-state index in [1.165, 1.54) is 0 Å². The summed E-state index contributed by atoms with van der Waals surface area (Å²) in [6.07, 6.45) is 0. The van der Waals surface area contributed by atoms with Crippen LogP contribution in [0.15, 0.2) is 4.99 Å². The van der Waals surface area contributed by atoms with Crippen molar-refractivity contribution in [2.45, 2.75) is 0 Å². The quantitative estimate of drug-likeness (QED) is 0.329. The number of amides is 1. The number of halogens is 1. The molecule has 0 aliphatic heterocycles. The van der Waals surface area contributed by atoms with Crippen LogP contribution in [-0.4, -0.2) is 39.5 Å². The van der Waals surface area contributed by atoms with Crippen LogP contribution < -0.4 is 22.5 Å². The summed E-state index contributed by atoms with van der Waals surface area (Å²) in [5.74, 6) is -2.85. The van der Waals surface area contributed by atoms with Crippen molar-refractivity contribution in [3.05, 3.63) is 10.8 Å². The first-order chi connectivity index (χ1) is 8.81. The van der Waals surface area contributed by atoms with E-state index in [1.54, 1.807) is 0 Å². The van der Waals surface area contributed by atoms with Gasteiger partial charge in [0, 0.05) is 0 Å². The third-order valence-corrected chi connectivity index (χ3v) is 1.98. The van der Waals surface area contributed by atoms with E-state index >= 15 is 0 Å². The number of hydrogen-bond acceptors (Lipinski definition) is 6. The number of nitrogen functional groups attached to an aromatic ring is 1. The Hall–Kier alpha value is -2.62. The fourth-order valence-corrected chi connectivity index (χ4v) is 1.22. The highest BCUT2D eigenvalue weighted by Crippen LogP contribution is 2.20. The first-order valence-electron chi connectivity index (χ1n) is 4.74. The number of carbonyl (C=O) groups excluding carboxylic acids is 1. The number of guanidine groups is 1. The molecule has 10 nitrogen and oxygen atoms in total. The minimum atomic E-state index is -1.13. The standard InChI is InChI=1S/C8H10ClN7O3/c9-4-6(13-1-2(17)18)15-5(10)3(14-4)7(19)16-8(11)12/h1H2,(H,17,18)(H3,10,13,15)(H4,11,12,16,19). The van der Waals surface area contributed by atoms with Crippen LogP contribution in [0.1, 0.15) is 10.5 Å². The molecule has 1 aromatic heterocycles. The Bertz CT molecular complexity index is 556. The van der Waals surface area contributed by atoms with E-state index < -0.39 is 24.4 Å². The zero-order valence-electron chi connectivity index (χ0n) is 9.42. The van der Waals surface area contributed by atoms with Gasteiger partial charge < -0.3 is 27.6 Å². The Morgan fingerprint density at radius 3 is 2.53 bits per heavy atom. The van der Waals surface area contributed by atoms with Crippen molar-refractivity contribution in [2.24, 2.45) is 16.5 Å². The van der Waals surface area contributed by atoms with Crippen LogP contribution in [0.5, 0.6) is 0 Å². The molecule has 0 aliphatic rings. The number of aliphatic carboxylic acids is 1. The first kappa shape index (κ1) is 14.4. The molecule has 1 rings (SSSR count). The molecule has 19 heavy (non-hydrogen) atoms. The van der Waals surface area contributed by atoms with Gasteiger partial charge in [0.25, 0.3) is 0 Å². The maximum Gasteiger partial charge on any atom is 0.322 e. The Morgan fingerprint density at radius 2 is 2.00 bits per heavy atom. The number of aromatic nitrogens is 2. The summed E-state index contributed by atoms with van der Waals surface area (Å²) in [7, 11) is 0. The van der Waals surface area contributed by atoms with Crippen molar-refractivity contribution in [1.82, 2.24) is 9.97 Å². The molecular formula is C8H10ClN7O3. The average molecular weight is 288 g/mol. The highest BCUT2D eigenvalue weighted by molar-refractivity contribution is 6.32. The number of carboxylic acid groups (broad SMARTS) is 1. The van der Waals surface area contributed by atoms with Crippen LogP contribution in [0, 0.1) is 0 Å². The second kappa shape index (κ2) is 5.82.